The molecule has 11 rings (SSSR count). The summed E-state index contributed by atoms with van der Waals surface area (Å²) in [6, 6.07) is 60.9. The van der Waals surface area contributed by atoms with E-state index < -0.39 is 5.41 Å². The van der Waals surface area contributed by atoms with Crippen molar-refractivity contribution >= 4 is 67.5 Å². The minimum Gasteiger partial charge on any atom is -0.309 e. The fraction of sp³-hybridized carbons (Fsp3) is 0.0508. The average Bonchev–Trinajstić information content (AvgIpc) is 3.90. The van der Waals surface area contributed by atoms with E-state index in [-0.39, 0.29) is 0 Å². The maximum Gasteiger partial charge on any atom is 0.0725 e. The molecule has 2 heteroatoms. The molecule has 61 heavy (non-hydrogen) atoms. The molecule has 1 heterocycles. The van der Waals surface area contributed by atoms with E-state index in [1.807, 2.05) is 12.2 Å². The van der Waals surface area contributed by atoms with Gasteiger partial charge < -0.3 is 9.47 Å². The smallest absolute Gasteiger partial charge is 0.0725 e. The molecular weight excluding hydrogens is 737 g/mol. The Morgan fingerprint density at radius 3 is 1.85 bits per heavy atom. The number of benzene rings is 8. The lowest BCUT2D eigenvalue weighted by Crippen LogP contribution is -2.25. The number of rotatable bonds is 8. The summed E-state index contributed by atoms with van der Waals surface area (Å²) >= 11 is 0. The fourth-order valence-electron chi connectivity index (χ4n) is 10.6. The molecule has 290 valence electrons. The number of allylic oxidation sites excluding steroid dienone is 6. The molecule has 0 unspecified atom stereocenters. The maximum atomic E-state index is 4.22. The topological polar surface area (TPSA) is 8.17 Å². The molecule has 0 amide bonds. The molecule has 0 N–H and O–H groups in total. The Hall–Kier alpha value is -7.68. The second-order valence-corrected chi connectivity index (χ2v) is 16.0. The molecule has 0 fully saturated rings. The second-order valence-electron chi connectivity index (χ2n) is 16.0. The number of fused-ring (bicyclic) bond motifs is 14. The Kier molecular flexibility index (Phi) is 8.51. The normalized spacial score (nSPS) is 13.6. The van der Waals surface area contributed by atoms with E-state index in [1.165, 1.54) is 66.1 Å². The third-order valence-electron chi connectivity index (χ3n) is 12.9. The zero-order valence-electron chi connectivity index (χ0n) is 34.4. The van der Waals surface area contributed by atoms with E-state index in [1.54, 1.807) is 0 Å². The van der Waals surface area contributed by atoms with E-state index in [9.17, 15) is 0 Å². The van der Waals surface area contributed by atoms with Gasteiger partial charge in [0.2, 0.25) is 0 Å². The quantitative estimate of drug-likeness (QED) is 0.139. The Morgan fingerprint density at radius 1 is 0.541 bits per heavy atom. The lowest BCUT2D eigenvalue weighted by atomic mass is 9.70. The molecular formula is C59H44N2. The largest absolute Gasteiger partial charge is 0.309 e. The Bertz CT molecular complexity index is 3330. The SMILES string of the molecule is C=C/C=C(\C=C/C)n1c2cc(N(c3cccc(C=C)c3/C=C\C)c3cccc4ccccc34)ccc2c2cc3c(cc21)-c1ccccc1C31c2ccccc2-c2ccccc21. The van der Waals surface area contributed by atoms with Gasteiger partial charge in [0.25, 0.3) is 0 Å². The molecule has 2 aliphatic rings. The van der Waals surface area contributed by atoms with Crippen LogP contribution in [0.5, 0.6) is 0 Å². The number of aromatic nitrogens is 1. The first-order valence-corrected chi connectivity index (χ1v) is 21.2. The van der Waals surface area contributed by atoms with E-state index in [4.69, 9.17) is 0 Å². The van der Waals surface area contributed by atoms with E-state index in [0.29, 0.717) is 0 Å². The van der Waals surface area contributed by atoms with Crippen molar-refractivity contribution in [2.24, 2.45) is 0 Å². The Balaban J connectivity index is 1.26. The summed E-state index contributed by atoms with van der Waals surface area (Å²) in [5, 5.41) is 4.78. The van der Waals surface area contributed by atoms with Gasteiger partial charge in [-0.2, -0.15) is 0 Å². The third-order valence-corrected chi connectivity index (χ3v) is 12.9. The highest BCUT2D eigenvalue weighted by Gasteiger charge is 2.51. The molecule has 9 aromatic rings. The average molecular weight is 781 g/mol. The van der Waals surface area contributed by atoms with Crippen molar-refractivity contribution in [3.8, 4) is 22.3 Å². The van der Waals surface area contributed by atoms with Crippen molar-refractivity contribution in [3.05, 3.63) is 241 Å². The highest BCUT2D eigenvalue weighted by Crippen LogP contribution is 2.63. The molecule has 1 aromatic heterocycles. The predicted octanol–water partition coefficient (Wildman–Crippen LogP) is 16.0. The standard InChI is InChI=1S/C59H44N2/c1-5-19-41(20-6-2)60-57-36-42(61(55-32-17-23-39(8-4)43(55)21-7-3)56-33-18-24-40-22-9-10-25-44(40)56)34-35-48(57)50-37-54-49(38-58(50)60)47-28-13-16-31-53(47)59(54)51-29-14-11-26-45(51)46-27-12-15-30-52(46)59/h5-38H,1,4H2,2-3H3/b20-6-,21-7-,41-19+. The second kappa shape index (κ2) is 14.3. The molecule has 2 aliphatic carbocycles. The maximum absolute atomic E-state index is 4.22. The predicted molar refractivity (Wildman–Crippen MR) is 262 cm³/mol. The summed E-state index contributed by atoms with van der Waals surface area (Å²) in [6.07, 6.45) is 14.6. The van der Waals surface area contributed by atoms with Crippen LogP contribution in [0.25, 0.3) is 72.7 Å². The third kappa shape index (κ3) is 5.15. The van der Waals surface area contributed by atoms with Crippen LogP contribution in [0.3, 0.4) is 0 Å². The minimum atomic E-state index is -0.435. The van der Waals surface area contributed by atoms with E-state index >= 15 is 0 Å². The molecule has 0 atom stereocenters. The van der Waals surface area contributed by atoms with Crippen LogP contribution in [-0.2, 0) is 5.41 Å². The summed E-state index contributed by atoms with van der Waals surface area (Å²) in [5.41, 5.74) is 18.9. The van der Waals surface area contributed by atoms with Gasteiger partial charge in [-0.1, -0.05) is 171 Å². The van der Waals surface area contributed by atoms with Gasteiger partial charge in [0.05, 0.1) is 27.8 Å². The lowest BCUT2D eigenvalue weighted by Gasteiger charge is -2.30. The van der Waals surface area contributed by atoms with Crippen LogP contribution in [0.15, 0.2) is 207 Å². The molecule has 0 saturated carbocycles. The number of hydrogen-bond acceptors (Lipinski definition) is 1. The van der Waals surface area contributed by atoms with Crippen molar-refractivity contribution in [1.82, 2.24) is 4.57 Å². The molecule has 0 aliphatic heterocycles. The van der Waals surface area contributed by atoms with Crippen LogP contribution in [0, 0.1) is 0 Å². The zero-order valence-corrected chi connectivity index (χ0v) is 34.4. The van der Waals surface area contributed by atoms with Crippen LogP contribution >= 0.6 is 0 Å². The minimum absolute atomic E-state index is 0.435. The monoisotopic (exact) mass is 780 g/mol. The molecule has 8 aromatic carbocycles. The van der Waals surface area contributed by atoms with E-state index in [0.717, 1.165) is 44.9 Å². The van der Waals surface area contributed by atoms with Crippen LogP contribution in [0.4, 0.5) is 17.1 Å². The summed E-state index contributed by atoms with van der Waals surface area (Å²) in [4.78, 5) is 2.43. The Morgan fingerprint density at radius 2 is 1.16 bits per heavy atom. The van der Waals surface area contributed by atoms with Crippen LogP contribution < -0.4 is 4.90 Å². The summed E-state index contributed by atoms with van der Waals surface area (Å²) in [5.74, 6) is 0. The molecule has 1 spiro atoms. The first-order chi connectivity index (χ1) is 30.1. The van der Waals surface area contributed by atoms with Gasteiger partial charge in [-0.15, -0.1) is 0 Å². The highest BCUT2D eigenvalue weighted by atomic mass is 15.1. The fourth-order valence-corrected chi connectivity index (χ4v) is 10.6. The Labute approximate surface area is 357 Å². The van der Waals surface area contributed by atoms with Gasteiger partial charge in [0, 0.05) is 33.1 Å². The number of nitrogens with zero attached hydrogens (tertiary/aromatic N) is 2. The molecule has 0 radical (unpaired) electrons. The van der Waals surface area contributed by atoms with Crippen LogP contribution in [0.2, 0.25) is 0 Å². The van der Waals surface area contributed by atoms with Gasteiger partial charge >= 0.3 is 0 Å². The summed E-state index contributed by atoms with van der Waals surface area (Å²) < 4.78 is 2.44. The molecule has 2 nitrogen and oxygen atoms in total. The summed E-state index contributed by atoms with van der Waals surface area (Å²) in [7, 11) is 0. The number of anilines is 3. The first-order valence-electron chi connectivity index (χ1n) is 21.2. The molecule has 0 bridgehead atoms. The lowest BCUT2D eigenvalue weighted by molar-refractivity contribution is 0.795. The number of hydrogen-bond donors (Lipinski definition) is 0. The zero-order chi connectivity index (χ0) is 41.2. The van der Waals surface area contributed by atoms with Crippen molar-refractivity contribution in [3.63, 3.8) is 0 Å². The van der Waals surface area contributed by atoms with Gasteiger partial charge in [-0.25, -0.2) is 0 Å². The van der Waals surface area contributed by atoms with Gasteiger partial charge in [0.15, 0.2) is 0 Å². The summed E-state index contributed by atoms with van der Waals surface area (Å²) in [6.45, 7) is 12.6. The van der Waals surface area contributed by atoms with Crippen LogP contribution in [0.1, 0.15) is 47.2 Å². The first kappa shape index (κ1) is 36.4. The molecule has 0 saturated heterocycles. The van der Waals surface area contributed by atoms with Gasteiger partial charge in [-0.3, -0.25) is 0 Å². The van der Waals surface area contributed by atoms with Gasteiger partial charge in [0.1, 0.15) is 0 Å². The van der Waals surface area contributed by atoms with Crippen LogP contribution in [-0.4, -0.2) is 4.57 Å². The van der Waals surface area contributed by atoms with E-state index in [2.05, 4.69) is 231 Å². The van der Waals surface area contributed by atoms with Crippen molar-refractivity contribution in [1.29, 1.82) is 0 Å². The highest BCUT2D eigenvalue weighted by molar-refractivity contribution is 6.14. The van der Waals surface area contributed by atoms with Crippen molar-refractivity contribution in [2.45, 2.75) is 19.3 Å². The van der Waals surface area contributed by atoms with Crippen molar-refractivity contribution in [2.75, 3.05) is 4.90 Å². The van der Waals surface area contributed by atoms with Gasteiger partial charge in [-0.05, 0) is 118 Å². The van der Waals surface area contributed by atoms with Crippen molar-refractivity contribution < 1.29 is 0 Å².